The molecule has 1 heterocycles. The van der Waals surface area contributed by atoms with Crippen LogP contribution in [0.4, 0.5) is 0 Å². The summed E-state index contributed by atoms with van der Waals surface area (Å²) in [5.74, 6) is -1.60. The van der Waals surface area contributed by atoms with Gasteiger partial charge in [0.15, 0.2) is 0 Å². The van der Waals surface area contributed by atoms with Gasteiger partial charge in [0.1, 0.15) is 11.2 Å². The second kappa shape index (κ2) is 4.68. The second-order valence-electron chi connectivity index (χ2n) is 4.77. The lowest BCUT2D eigenvalue weighted by Crippen LogP contribution is -2.49. The summed E-state index contributed by atoms with van der Waals surface area (Å²) in [5.41, 5.74) is -0.430. The van der Waals surface area contributed by atoms with Gasteiger partial charge in [-0.3, -0.25) is 4.79 Å². The monoisotopic (exact) mass is 258 g/mol. The van der Waals surface area contributed by atoms with Gasteiger partial charge in [-0.2, -0.15) is 0 Å². The molecule has 0 aliphatic carbocycles. The first kappa shape index (κ1) is 13.0. The number of para-hydroxylation sites is 1. The molecule has 19 heavy (non-hydrogen) atoms. The predicted octanol–water partition coefficient (Wildman–Crippen LogP) is 1.83. The Hall–Kier alpha value is -2.43. The number of pyridine rings is 1. The van der Waals surface area contributed by atoms with Gasteiger partial charge >= 0.3 is 5.97 Å². The Morgan fingerprint density at radius 1 is 1.16 bits per heavy atom. The number of aromatic nitrogens is 1. The number of fused-ring (bicyclic) bond motifs is 1. The molecule has 0 fully saturated rings. The average molecular weight is 258 g/mol. The molecule has 0 atom stereocenters. The first-order chi connectivity index (χ1) is 8.90. The van der Waals surface area contributed by atoms with E-state index in [1.54, 1.807) is 18.2 Å². The van der Waals surface area contributed by atoms with Gasteiger partial charge in [0, 0.05) is 5.39 Å². The molecular weight excluding hydrogens is 244 g/mol. The maximum atomic E-state index is 12.0. The molecule has 2 aromatic rings. The number of carbonyl (C=O) groups excluding carboxylic acids is 1. The normalized spacial score (nSPS) is 11.3. The Labute approximate surface area is 110 Å². The van der Waals surface area contributed by atoms with Crippen LogP contribution in [-0.4, -0.2) is 27.5 Å². The zero-order valence-electron chi connectivity index (χ0n) is 10.7. The largest absolute Gasteiger partial charge is 0.480 e. The van der Waals surface area contributed by atoms with Crippen molar-refractivity contribution in [3.8, 4) is 0 Å². The molecule has 98 valence electrons. The van der Waals surface area contributed by atoms with Crippen molar-refractivity contribution < 1.29 is 14.7 Å². The number of hydrogen-bond donors (Lipinski definition) is 2. The van der Waals surface area contributed by atoms with E-state index in [4.69, 9.17) is 5.11 Å². The van der Waals surface area contributed by atoms with Crippen LogP contribution >= 0.6 is 0 Å². The number of benzene rings is 1. The Kier molecular flexibility index (Phi) is 3.21. The van der Waals surface area contributed by atoms with Crippen molar-refractivity contribution in [2.45, 2.75) is 19.4 Å². The van der Waals surface area contributed by atoms with E-state index in [2.05, 4.69) is 10.3 Å². The first-order valence-corrected chi connectivity index (χ1v) is 5.82. The first-order valence-electron chi connectivity index (χ1n) is 5.82. The smallest absolute Gasteiger partial charge is 0.328 e. The maximum Gasteiger partial charge on any atom is 0.328 e. The fourth-order valence-corrected chi connectivity index (χ4v) is 1.59. The molecule has 1 aromatic heterocycles. The summed E-state index contributed by atoms with van der Waals surface area (Å²) in [6, 6.07) is 10.8. The summed E-state index contributed by atoms with van der Waals surface area (Å²) in [6.45, 7) is 2.85. The van der Waals surface area contributed by atoms with Crippen LogP contribution in [0.25, 0.3) is 10.9 Å². The second-order valence-corrected chi connectivity index (χ2v) is 4.77. The standard InChI is InChI=1S/C14H14N2O3/c1-14(2,13(18)19)16-12(17)11-8-7-9-5-3-4-6-10(9)15-11/h3-8H,1-2H3,(H,16,17)(H,18,19). The highest BCUT2D eigenvalue weighted by Crippen LogP contribution is 2.12. The molecule has 0 aliphatic heterocycles. The van der Waals surface area contributed by atoms with E-state index in [0.717, 1.165) is 5.39 Å². The van der Waals surface area contributed by atoms with Gasteiger partial charge < -0.3 is 10.4 Å². The van der Waals surface area contributed by atoms with Gasteiger partial charge in [0.2, 0.25) is 0 Å². The highest BCUT2D eigenvalue weighted by molar-refractivity contribution is 5.97. The number of amides is 1. The zero-order valence-corrected chi connectivity index (χ0v) is 10.7. The lowest BCUT2D eigenvalue weighted by atomic mass is 10.1. The summed E-state index contributed by atoms with van der Waals surface area (Å²) in [6.07, 6.45) is 0. The molecule has 2 N–H and O–H groups in total. The van der Waals surface area contributed by atoms with E-state index in [0.29, 0.717) is 5.52 Å². The highest BCUT2D eigenvalue weighted by atomic mass is 16.4. The van der Waals surface area contributed by atoms with Crippen LogP contribution in [0.2, 0.25) is 0 Å². The minimum absolute atomic E-state index is 0.202. The van der Waals surface area contributed by atoms with Crippen LogP contribution in [0.15, 0.2) is 36.4 Å². The summed E-state index contributed by atoms with van der Waals surface area (Å²) >= 11 is 0. The van der Waals surface area contributed by atoms with Crippen molar-refractivity contribution >= 4 is 22.8 Å². The van der Waals surface area contributed by atoms with Crippen LogP contribution in [0.3, 0.4) is 0 Å². The van der Waals surface area contributed by atoms with Gasteiger partial charge in [-0.1, -0.05) is 24.3 Å². The van der Waals surface area contributed by atoms with Crippen molar-refractivity contribution in [1.82, 2.24) is 10.3 Å². The van der Waals surface area contributed by atoms with Gasteiger partial charge in [0.05, 0.1) is 5.52 Å². The summed E-state index contributed by atoms with van der Waals surface area (Å²) in [4.78, 5) is 27.2. The Balaban J connectivity index is 2.29. The molecule has 5 nitrogen and oxygen atoms in total. The molecule has 0 aliphatic rings. The third-order valence-electron chi connectivity index (χ3n) is 2.79. The number of rotatable bonds is 3. The molecule has 1 amide bonds. The van der Waals surface area contributed by atoms with E-state index >= 15 is 0 Å². The molecule has 0 saturated carbocycles. The summed E-state index contributed by atoms with van der Waals surface area (Å²) in [5, 5.41) is 12.3. The van der Waals surface area contributed by atoms with E-state index in [9.17, 15) is 9.59 Å². The average Bonchev–Trinajstić information content (AvgIpc) is 2.37. The maximum absolute atomic E-state index is 12.0. The molecule has 0 radical (unpaired) electrons. The van der Waals surface area contributed by atoms with Gasteiger partial charge in [-0.05, 0) is 26.0 Å². The SMILES string of the molecule is CC(C)(NC(=O)c1ccc2ccccc2n1)C(=O)O. The number of carboxylic acids is 1. The number of hydrogen-bond acceptors (Lipinski definition) is 3. The van der Waals surface area contributed by atoms with Gasteiger partial charge in [-0.15, -0.1) is 0 Å². The van der Waals surface area contributed by atoms with Crippen molar-refractivity contribution in [2.75, 3.05) is 0 Å². The zero-order chi connectivity index (χ0) is 14.0. The van der Waals surface area contributed by atoms with Crippen molar-refractivity contribution in [2.24, 2.45) is 0 Å². The lowest BCUT2D eigenvalue weighted by molar-refractivity contribution is -0.143. The van der Waals surface area contributed by atoms with E-state index < -0.39 is 17.4 Å². The minimum Gasteiger partial charge on any atom is -0.480 e. The topological polar surface area (TPSA) is 79.3 Å². The molecule has 2 rings (SSSR count). The predicted molar refractivity (Wildman–Crippen MR) is 70.9 cm³/mol. The van der Waals surface area contributed by atoms with Gasteiger partial charge in [-0.25, -0.2) is 9.78 Å². The Morgan fingerprint density at radius 2 is 1.84 bits per heavy atom. The number of carboxylic acid groups (broad SMARTS) is 1. The summed E-state index contributed by atoms with van der Waals surface area (Å²) < 4.78 is 0. The van der Waals surface area contributed by atoms with Crippen LogP contribution in [0.1, 0.15) is 24.3 Å². The molecule has 0 unspecified atom stereocenters. The number of carbonyl (C=O) groups is 2. The third-order valence-corrected chi connectivity index (χ3v) is 2.79. The lowest BCUT2D eigenvalue weighted by Gasteiger charge is -2.20. The van der Waals surface area contributed by atoms with Crippen LogP contribution in [0, 0.1) is 0 Å². The van der Waals surface area contributed by atoms with Crippen LogP contribution < -0.4 is 5.32 Å². The Morgan fingerprint density at radius 3 is 2.53 bits per heavy atom. The molecule has 0 bridgehead atoms. The van der Waals surface area contributed by atoms with Crippen LogP contribution in [-0.2, 0) is 4.79 Å². The van der Waals surface area contributed by atoms with Crippen LogP contribution in [0.5, 0.6) is 0 Å². The molecular formula is C14H14N2O3. The number of aliphatic carboxylic acids is 1. The quantitative estimate of drug-likeness (QED) is 0.880. The minimum atomic E-state index is -1.33. The fraction of sp³-hybridized carbons (Fsp3) is 0.214. The molecule has 1 aromatic carbocycles. The van der Waals surface area contributed by atoms with Gasteiger partial charge in [0.25, 0.3) is 5.91 Å². The van der Waals surface area contributed by atoms with E-state index in [1.165, 1.54) is 13.8 Å². The molecule has 0 spiro atoms. The van der Waals surface area contributed by atoms with Crippen molar-refractivity contribution in [1.29, 1.82) is 0 Å². The highest BCUT2D eigenvalue weighted by Gasteiger charge is 2.29. The number of nitrogens with one attached hydrogen (secondary N) is 1. The molecule has 0 saturated heterocycles. The number of nitrogens with zero attached hydrogens (tertiary/aromatic N) is 1. The van der Waals surface area contributed by atoms with Crippen molar-refractivity contribution in [3.05, 3.63) is 42.1 Å². The Bertz CT molecular complexity index is 650. The molecule has 5 heteroatoms. The summed E-state index contributed by atoms with van der Waals surface area (Å²) in [7, 11) is 0. The van der Waals surface area contributed by atoms with Crippen molar-refractivity contribution in [3.63, 3.8) is 0 Å². The van der Waals surface area contributed by atoms with E-state index in [1.807, 2.05) is 18.2 Å². The fourth-order valence-electron chi connectivity index (χ4n) is 1.59. The van der Waals surface area contributed by atoms with E-state index in [-0.39, 0.29) is 5.69 Å². The third kappa shape index (κ3) is 2.70.